The maximum Gasteiger partial charge on any atom is 0.303 e. The zero-order chi connectivity index (χ0) is 14.7. The highest BCUT2D eigenvalue weighted by molar-refractivity contribution is 6.69. The summed E-state index contributed by atoms with van der Waals surface area (Å²) in [6.45, 7) is 10.5. The van der Waals surface area contributed by atoms with Crippen molar-refractivity contribution in [3.63, 3.8) is 0 Å². The van der Waals surface area contributed by atoms with E-state index in [1.165, 1.54) is 0 Å². The van der Waals surface area contributed by atoms with Gasteiger partial charge in [0.25, 0.3) is 0 Å². The Morgan fingerprint density at radius 1 is 1.32 bits per heavy atom. The van der Waals surface area contributed by atoms with Gasteiger partial charge in [-0.05, 0) is 32.5 Å². The van der Waals surface area contributed by atoms with Crippen molar-refractivity contribution < 1.29 is 23.8 Å². The molecule has 1 N–H and O–H groups in total. The third-order valence-corrected chi connectivity index (χ3v) is 4.20. The first-order chi connectivity index (χ1) is 8.66. The zero-order valence-electron chi connectivity index (χ0n) is 12.6. The second-order valence-corrected chi connectivity index (χ2v) is 10.5. The van der Waals surface area contributed by atoms with Crippen LogP contribution in [0.2, 0.25) is 19.6 Å². The lowest BCUT2D eigenvalue weighted by Crippen LogP contribution is -2.46. The highest BCUT2D eigenvalue weighted by atomic mass is 28.4. The van der Waals surface area contributed by atoms with Crippen LogP contribution in [0.25, 0.3) is 0 Å². The summed E-state index contributed by atoms with van der Waals surface area (Å²) in [5.74, 6) is -2.36. The van der Waals surface area contributed by atoms with Crippen LogP contribution in [0.4, 0.5) is 0 Å². The molecule has 19 heavy (non-hydrogen) atoms. The van der Waals surface area contributed by atoms with Gasteiger partial charge >= 0.3 is 5.97 Å². The van der Waals surface area contributed by atoms with E-state index in [1.54, 1.807) is 0 Å². The van der Waals surface area contributed by atoms with Gasteiger partial charge in [0.1, 0.15) is 6.61 Å². The molecule has 1 rings (SSSR count). The molecule has 0 aliphatic carbocycles. The summed E-state index contributed by atoms with van der Waals surface area (Å²) in [5, 5.41) is 8.89. The van der Waals surface area contributed by atoms with Crippen LogP contribution in [0.1, 0.15) is 39.5 Å². The molecule has 0 bridgehead atoms. The Morgan fingerprint density at radius 3 is 2.26 bits per heavy atom. The molecule has 1 atom stereocenters. The molecule has 0 amide bonds. The van der Waals surface area contributed by atoms with Crippen LogP contribution in [0, 0.1) is 0 Å². The highest BCUT2D eigenvalue weighted by Gasteiger charge is 2.51. The lowest BCUT2D eigenvalue weighted by Gasteiger charge is -2.36. The smallest absolute Gasteiger partial charge is 0.303 e. The third-order valence-electron chi connectivity index (χ3n) is 3.22. The first-order valence-corrected chi connectivity index (χ1v) is 10.3. The van der Waals surface area contributed by atoms with E-state index >= 15 is 0 Å². The standard InChI is InChI=1S/C13H26O5Si/c1-6-12(7-2)16-10-13(17-12,9-8-11(14)15)18-19(3,4)5/h6-10H2,1-5H3,(H,14,15). The lowest BCUT2D eigenvalue weighted by molar-refractivity contribution is -0.243. The molecular weight excluding hydrogens is 264 g/mol. The Bertz CT molecular complexity index is 321. The van der Waals surface area contributed by atoms with Crippen LogP contribution in [0.5, 0.6) is 0 Å². The molecule has 1 saturated heterocycles. The number of aliphatic carboxylic acids is 1. The fourth-order valence-corrected chi connectivity index (χ4v) is 3.64. The van der Waals surface area contributed by atoms with Crippen LogP contribution < -0.4 is 0 Å². The first-order valence-electron chi connectivity index (χ1n) is 6.92. The van der Waals surface area contributed by atoms with Crippen LogP contribution >= 0.6 is 0 Å². The Hall–Kier alpha value is -0.433. The van der Waals surface area contributed by atoms with E-state index < -0.39 is 25.9 Å². The predicted molar refractivity (Wildman–Crippen MR) is 74.4 cm³/mol. The molecule has 0 radical (unpaired) electrons. The molecule has 6 heteroatoms. The van der Waals surface area contributed by atoms with E-state index in [1.807, 2.05) is 13.8 Å². The van der Waals surface area contributed by atoms with Crippen molar-refractivity contribution in [2.24, 2.45) is 0 Å². The van der Waals surface area contributed by atoms with Gasteiger partial charge in [-0.25, -0.2) is 0 Å². The van der Waals surface area contributed by atoms with Crippen LogP contribution in [0.15, 0.2) is 0 Å². The fraction of sp³-hybridized carbons (Fsp3) is 0.923. The van der Waals surface area contributed by atoms with Crippen molar-refractivity contribution in [3.8, 4) is 0 Å². The highest BCUT2D eigenvalue weighted by Crippen LogP contribution is 2.41. The van der Waals surface area contributed by atoms with Gasteiger partial charge in [0.2, 0.25) is 0 Å². The molecule has 0 aromatic rings. The van der Waals surface area contributed by atoms with Crippen LogP contribution in [-0.4, -0.2) is 37.6 Å². The Kier molecular flexibility index (Phi) is 5.17. The van der Waals surface area contributed by atoms with E-state index in [4.69, 9.17) is 19.0 Å². The quantitative estimate of drug-likeness (QED) is 0.730. The van der Waals surface area contributed by atoms with E-state index in [9.17, 15) is 4.79 Å². The fourth-order valence-electron chi connectivity index (χ4n) is 2.32. The average Bonchev–Trinajstić information content (AvgIpc) is 2.65. The number of hydrogen-bond acceptors (Lipinski definition) is 4. The second kappa shape index (κ2) is 5.91. The molecule has 1 unspecified atom stereocenters. The molecule has 0 saturated carbocycles. The van der Waals surface area contributed by atoms with E-state index in [-0.39, 0.29) is 6.42 Å². The van der Waals surface area contributed by atoms with Crippen molar-refractivity contribution in [3.05, 3.63) is 0 Å². The number of rotatable bonds is 7. The van der Waals surface area contributed by atoms with Gasteiger partial charge in [0.05, 0.1) is 6.42 Å². The largest absolute Gasteiger partial charge is 0.481 e. The van der Waals surface area contributed by atoms with Crippen molar-refractivity contribution in [2.45, 2.75) is 70.7 Å². The minimum atomic E-state index is -1.85. The van der Waals surface area contributed by atoms with E-state index in [0.717, 1.165) is 12.8 Å². The molecule has 1 fully saturated rings. The second-order valence-electron chi connectivity index (χ2n) is 6.03. The third kappa shape index (κ3) is 4.56. The van der Waals surface area contributed by atoms with Crippen LogP contribution in [0.3, 0.4) is 0 Å². The Balaban J connectivity index is 2.86. The van der Waals surface area contributed by atoms with E-state index in [2.05, 4.69) is 19.6 Å². The summed E-state index contributed by atoms with van der Waals surface area (Å²) >= 11 is 0. The molecular formula is C13H26O5Si. The molecule has 0 aromatic heterocycles. The Morgan fingerprint density at radius 2 is 1.89 bits per heavy atom. The van der Waals surface area contributed by atoms with Crippen molar-refractivity contribution in [1.29, 1.82) is 0 Å². The summed E-state index contributed by atoms with van der Waals surface area (Å²) in [6.07, 6.45) is 1.81. The predicted octanol–water partition coefficient (Wildman–Crippen LogP) is 2.96. The number of carboxylic acid groups (broad SMARTS) is 1. The normalized spacial score (nSPS) is 26.6. The summed E-state index contributed by atoms with van der Waals surface area (Å²) < 4.78 is 18.0. The minimum absolute atomic E-state index is 0.0251. The average molecular weight is 290 g/mol. The van der Waals surface area contributed by atoms with Crippen LogP contribution in [-0.2, 0) is 18.7 Å². The number of hydrogen-bond donors (Lipinski definition) is 1. The van der Waals surface area contributed by atoms with Gasteiger partial charge in [-0.1, -0.05) is 13.8 Å². The zero-order valence-corrected chi connectivity index (χ0v) is 13.6. The number of carbonyl (C=O) groups is 1. The van der Waals surface area contributed by atoms with Gasteiger partial charge < -0.3 is 19.0 Å². The molecule has 1 aliphatic rings. The van der Waals surface area contributed by atoms with Crippen molar-refractivity contribution in [1.82, 2.24) is 0 Å². The van der Waals surface area contributed by atoms with Crippen molar-refractivity contribution >= 4 is 14.3 Å². The summed E-state index contributed by atoms with van der Waals surface area (Å²) in [7, 11) is -1.85. The minimum Gasteiger partial charge on any atom is -0.481 e. The Labute approximate surface area is 116 Å². The van der Waals surface area contributed by atoms with Gasteiger partial charge in [-0.15, -0.1) is 0 Å². The monoisotopic (exact) mass is 290 g/mol. The van der Waals surface area contributed by atoms with Gasteiger partial charge in [-0.3, -0.25) is 4.79 Å². The SMILES string of the molecule is CCC1(CC)OCC(CCC(=O)O)(O[Si](C)(C)C)O1. The molecule has 5 nitrogen and oxygen atoms in total. The molecule has 0 spiro atoms. The molecule has 0 aromatic carbocycles. The maximum absolute atomic E-state index is 10.8. The summed E-state index contributed by atoms with van der Waals surface area (Å²) in [5.41, 5.74) is 0. The van der Waals surface area contributed by atoms with Crippen molar-refractivity contribution in [2.75, 3.05) is 6.61 Å². The summed E-state index contributed by atoms with van der Waals surface area (Å²) in [4.78, 5) is 10.8. The maximum atomic E-state index is 10.8. The van der Waals surface area contributed by atoms with Gasteiger partial charge in [0, 0.05) is 6.42 Å². The van der Waals surface area contributed by atoms with Gasteiger partial charge in [0.15, 0.2) is 19.9 Å². The molecule has 112 valence electrons. The first kappa shape index (κ1) is 16.6. The molecule has 1 aliphatic heterocycles. The van der Waals surface area contributed by atoms with E-state index in [0.29, 0.717) is 13.0 Å². The number of ether oxygens (including phenoxy) is 2. The van der Waals surface area contributed by atoms with Gasteiger partial charge in [-0.2, -0.15) is 0 Å². The number of carboxylic acids is 1. The topological polar surface area (TPSA) is 65.0 Å². The lowest BCUT2D eigenvalue weighted by atomic mass is 10.1. The summed E-state index contributed by atoms with van der Waals surface area (Å²) in [6, 6.07) is 0. The molecule has 1 heterocycles.